The van der Waals surface area contributed by atoms with Crippen molar-refractivity contribution in [1.82, 2.24) is 15.6 Å². The molecule has 18 nitrogen and oxygen atoms in total. The van der Waals surface area contributed by atoms with Crippen molar-refractivity contribution in [1.29, 1.82) is 5.41 Å². The average molecular weight is 719 g/mol. The summed E-state index contributed by atoms with van der Waals surface area (Å²) in [6, 6.07) is 14.2. The Kier molecular flexibility index (Phi) is 21.0. The van der Waals surface area contributed by atoms with Crippen molar-refractivity contribution in [2.75, 3.05) is 13.1 Å². The number of nitrogens with two attached hydrogens (primary N) is 4. The number of nitrogens with one attached hydrogen (secondary N) is 4. The summed E-state index contributed by atoms with van der Waals surface area (Å²) in [5.74, 6) is -4.14. The minimum Gasteiger partial charge on any atom is -0.480 e. The van der Waals surface area contributed by atoms with Crippen LogP contribution in [-0.2, 0) is 36.8 Å². The lowest BCUT2D eigenvalue weighted by molar-refractivity contribution is -0.140. The van der Waals surface area contributed by atoms with Crippen LogP contribution in [0, 0.1) is 5.41 Å². The molecule has 1 heterocycles. The Morgan fingerprint density at radius 1 is 0.863 bits per heavy atom. The van der Waals surface area contributed by atoms with E-state index in [0.717, 1.165) is 22.0 Å². The van der Waals surface area contributed by atoms with Gasteiger partial charge in [-0.2, -0.15) is 0 Å². The van der Waals surface area contributed by atoms with Gasteiger partial charge in [-0.15, -0.1) is 0 Å². The van der Waals surface area contributed by atoms with E-state index in [1.54, 1.807) is 20.8 Å². The number of hydrogen-bond acceptors (Lipinski definition) is 10. The number of aromatic nitrogens is 1. The Hall–Kier alpha value is -5.72. The van der Waals surface area contributed by atoms with Gasteiger partial charge in [-0.3, -0.25) is 19.8 Å². The first-order valence-electron chi connectivity index (χ1n) is 15.5. The zero-order valence-electron chi connectivity index (χ0n) is 28.8. The number of carboxylic acids is 4. The lowest BCUT2D eigenvalue weighted by Gasteiger charge is -2.22. The molecule has 0 aliphatic carbocycles. The molecule has 16 N–H and O–H groups in total. The second kappa shape index (κ2) is 23.6. The van der Waals surface area contributed by atoms with E-state index in [0.29, 0.717) is 25.8 Å². The van der Waals surface area contributed by atoms with Crippen molar-refractivity contribution in [3.05, 3.63) is 71.9 Å². The molecule has 0 saturated heterocycles. The molecule has 0 saturated carbocycles. The van der Waals surface area contributed by atoms with Gasteiger partial charge < -0.3 is 63.7 Å². The standard InChI is InChI=1S/C14H19NO4.C11H12N2O2.C6H14N4O2.C2H5NO2/c1-14(2,3)19-13(18)15-11(12(16)17)9-10-7-5-4-6-8-10;12-9(11(14)15)5-7-6-13-10-4-2-1-3-8(7)10;7-4(5(11)12)2-1-3-10-6(8)9;3-1-2(4)5/h4-8,11H,9H2,1-3H3,(H,15,18)(H,16,17);1-4,6,9,13H,5,12H2,(H,14,15);4H,1-3,7H2,(H,11,12)(H4,8,9,10);1,3H2,(H,4,5). The third kappa shape index (κ3) is 21.8. The summed E-state index contributed by atoms with van der Waals surface area (Å²) in [5.41, 5.74) is 22.4. The Balaban J connectivity index is 0.000000704. The highest BCUT2D eigenvalue weighted by atomic mass is 16.6. The van der Waals surface area contributed by atoms with Gasteiger partial charge in [-0.25, -0.2) is 9.59 Å². The molecule has 18 heteroatoms. The van der Waals surface area contributed by atoms with Crippen LogP contribution in [-0.4, -0.2) is 98.2 Å². The zero-order valence-corrected chi connectivity index (χ0v) is 28.8. The third-order valence-corrected chi connectivity index (χ3v) is 6.20. The van der Waals surface area contributed by atoms with Crippen LogP contribution in [0.5, 0.6) is 0 Å². The number of amides is 1. The molecule has 0 bridgehead atoms. The number of aromatic amines is 1. The minimum atomic E-state index is -1.09. The van der Waals surface area contributed by atoms with Crippen LogP contribution in [0.2, 0.25) is 0 Å². The minimum absolute atomic E-state index is 0.112. The number of hydrogen-bond donors (Lipinski definition) is 12. The van der Waals surface area contributed by atoms with E-state index in [1.807, 2.05) is 60.8 Å². The fourth-order valence-electron chi connectivity index (χ4n) is 3.79. The number of ether oxygens (including phenoxy) is 1. The van der Waals surface area contributed by atoms with E-state index in [-0.39, 0.29) is 18.9 Å². The molecule has 0 aliphatic rings. The van der Waals surface area contributed by atoms with Crippen LogP contribution in [0.3, 0.4) is 0 Å². The molecule has 3 unspecified atom stereocenters. The summed E-state index contributed by atoms with van der Waals surface area (Å²) in [4.78, 5) is 55.9. The average Bonchev–Trinajstić information content (AvgIpc) is 3.45. The summed E-state index contributed by atoms with van der Waals surface area (Å²) in [6.45, 7) is 5.37. The van der Waals surface area contributed by atoms with Crippen LogP contribution in [0.15, 0.2) is 60.8 Å². The van der Waals surface area contributed by atoms with Crippen LogP contribution < -0.4 is 33.6 Å². The summed E-state index contributed by atoms with van der Waals surface area (Å²) < 4.78 is 5.04. The number of para-hydroxylation sites is 1. The highest BCUT2D eigenvalue weighted by Crippen LogP contribution is 2.18. The maximum absolute atomic E-state index is 11.6. The number of carboxylic acid groups (broad SMARTS) is 4. The molecule has 51 heavy (non-hydrogen) atoms. The molecule has 1 amide bonds. The highest BCUT2D eigenvalue weighted by molar-refractivity contribution is 5.84. The monoisotopic (exact) mass is 718 g/mol. The predicted octanol–water partition coefficient (Wildman–Crippen LogP) is 1.02. The summed E-state index contributed by atoms with van der Waals surface area (Å²) in [7, 11) is 0. The predicted molar refractivity (Wildman–Crippen MR) is 190 cm³/mol. The molecule has 0 aliphatic heterocycles. The van der Waals surface area contributed by atoms with Crippen molar-refractivity contribution in [2.45, 2.75) is 70.2 Å². The number of aliphatic carboxylic acids is 4. The van der Waals surface area contributed by atoms with Crippen molar-refractivity contribution < 1.29 is 49.1 Å². The van der Waals surface area contributed by atoms with Gasteiger partial charge in [0, 0.05) is 36.5 Å². The first-order valence-corrected chi connectivity index (χ1v) is 15.5. The van der Waals surface area contributed by atoms with Crippen molar-refractivity contribution >= 4 is 46.8 Å². The second-order valence-corrected chi connectivity index (χ2v) is 11.8. The SMILES string of the molecule is CC(C)(C)OC(=O)NC(Cc1ccccc1)C(=O)O.N=C(N)NCCCC(N)C(=O)O.NC(Cc1c[nH]c2ccccc12)C(=O)O.NCC(=O)O. The zero-order chi connectivity index (χ0) is 39.1. The molecular formula is C33H50N8O10. The van der Waals surface area contributed by atoms with Gasteiger partial charge in [0.2, 0.25) is 0 Å². The number of rotatable bonds is 13. The third-order valence-electron chi connectivity index (χ3n) is 6.20. The topological polar surface area (TPSA) is 343 Å². The molecule has 1 aromatic heterocycles. The maximum atomic E-state index is 11.6. The van der Waals surface area contributed by atoms with Crippen LogP contribution in [0.1, 0.15) is 44.7 Å². The number of fused-ring (bicyclic) bond motifs is 1. The molecule has 0 fully saturated rings. The molecule has 0 radical (unpaired) electrons. The highest BCUT2D eigenvalue weighted by Gasteiger charge is 2.24. The lowest BCUT2D eigenvalue weighted by Crippen LogP contribution is -2.44. The van der Waals surface area contributed by atoms with E-state index >= 15 is 0 Å². The van der Waals surface area contributed by atoms with Crippen molar-refractivity contribution in [3.8, 4) is 0 Å². The van der Waals surface area contributed by atoms with E-state index < -0.39 is 53.7 Å². The molecular weight excluding hydrogens is 668 g/mol. The fraction of sp³-hybridized carbons (Fsp3) is 0.394. The van der Waals surface area contributed by atoms with Gasteiger partial charge in [0.1, 0.15) is 23.7 Å². The number of benzene rings is 2. The quantitative estimate of drug-likeness (QED) is 0.0667. The number of guanidine groups is 1. The fourth-order valence-corrected chi connectivity index (χ4v) is 3.79. The summed E-state index contributed by atoms with van der Waals surface area (Å²) >= 11 is 0. The molecule has 3 rings (SSSR count). The molecule has 2 aromatic carbocycles. The normalized spacial score (nSPS) is 12.0. The molecule has 3 atom stereocenters. The van der Waals surface area contributed by atoms with Crippen molar-refractivity contribution in [2.24, 2.45) is 22.9 Å². The Labute approximate surface area is 295 Å². The van der Waals surface area contributed by atoms with Gasteiger partial charge in [0.05, 0.1) is 6.54 Å². The van der Waals surface area contributed by atoms with Gasteiger partial charge in [0.15, 0.2) is 5.96 Å². The van der Waals surface area contributed by atoms with E-state index in [4.69, 9.17) is 47.8 Å². The Morgan fingerprint density at radius 2 is 1.41 bits per heavy atom. The number of H-pyrrole nitrogens is 1. The second-order valence-electron chi connectivity index (χ2n) is 11.8. The van der Waals surface area contributed by atoms with Gasteiger partial charge in [0.25, 0.3) is 0 Å². The van der Waals surface area contributed by atoms with Gasteiger partial charge >= 0.3 is 30.0 Å². The van der Waals surface area contributed by atoms with Crippen LogP contribution in [0.4, 0.5) is 4.79 Å². The Morgan fingerprint density at radius 3 is 1.90 bits per heavy atom. The first-order chi connectivity index (χ1) is 23.8. The number of carbonyl (C=O) groups is 5. The van der Waals surface area contributed by atoms with E-state index in [9.17, 15) is 24.0 Å². The van der Waals surface area contributed by atoms with Gasteiger partial charge in [-0.05, 0) is 50.8 Å². The largest absolute Gasteiger partial charge is 0.480 e. The molecule has 0 spiro atoms. The van der Waals surface area contributed by atoms with E-state index in [1.165, 1.54) is 0 Å². The number of carbonyl (C=O) groups excluding carboxylic acids is 1. The molecule has 3 aromatic rings. The van der Waals surface area contributed by atoms with E-state index in [2.05, 4.69) is 21.4 Å². The van der Waals surface area contributed by atoms with Crippen LogP contribution in [0.25, 0.3) is 10.9 Å². The Bertz CT molecular complexity index is 1540. The summed E-state index contributed by atoms with van der Waals surface area (Å²) in [6.07, 6.45) is 2.63. The smallest absolute Gasteiger partial charge is 0.408 e. The maximum Gasteiger partial charge on any atom is 0.408 e. The number of alkyl carbamates (subject to hydrolysis) is 1. The summed E-state index contributed by atoms with van der Waals surface area (Å²) in [5, 5.41) is 46.5. The first kappa shape index (κ1) is 45.3. The molecule has 282 valence electrons. The lowest BCUT2D eigenvalue weighted by atomic mass is 10.1. The van der Waals surface area contributed by atoms with Gasteiger partial charge in [-0.1, -0.05) is 48.5 Å². The van der Waals surface area contributed by atoms with Crippen LogP contribution >= 0.6 is 0 Å². The van der Waals surface area contributed by atoms with Crippen molar-refractivity contribution in [3.63, 3.8) is 0 Å².